The fraction of sp³-hybridized carbons (Fsp3) is 0.286. The molecule has 3 aromatic rings. The lowest BCUT2D eigenvalue weighted by atomic mass is 10.1. The summed E-state index contributed by atoms with van der Waals surface area (Å²) in [5, 5.41) is 11.7. The Morgan fingerprint density at radius 1 is 1.24 bits per heavy atom. The molecular weight excluding hydrogens is 266 g/mol. The van der Waals surface area contributed by atoms with E-state index in [0.29, 0.717) is 12.2 Å². The van der Waals surface area contributed by atoms with Crippen molar-refractivity contribution < 1.29 is 0 Å². The SMILES string of the molecule is CC(C)N(Cc1ccccc1N)c1cncc2nnnn12. The second-order valence-corrected chi connectivity index (χ2v) is 5.13. The van der Waals surface area contributed by atoms with Crippen LogP contribution in [0, 0.1) is 0 Å². The number of nitrogens with zero attached hydrogens (tertiary/aromatic N) is 6. The van der Waals surface area contributed by atoms with E-state index < -0.39 is 0 Å². The largest absolute Gasteiger partial charge is 0.398 e. The van der Waals surface area contributed by atoms with Crippen molar-refractivity contribution in [1.29, 1.82) is 0 Å². The quantitative estimate of drug-likeness (QED) is 0.731. The molecule has 0 aliphatic rings. The summed E-state index contributed by atoms with van der Waals surface area (Å²) in [7, 11) is 0. The summed E-state index contributed by atoms with van der Waals surface area (Å²) in [6, 6.07) is 8.10. The van der Waals surface area contributed by atoms with Crippen LogP contribution in [0.25, 0.3) is 5.65 Å². The van der Waals surface area contributed by atoms with Gasteiger partial charge in [-0.15, -0.1) is 5.10 Å². The molecule has 0 unspecified atom stereocenters. The minimum absolute atomic E-state index is 0.251. The topological polar surface area (TPSA) is 85.2 Å². The van der Waals surface area contributed by atoms with Crippen molar-refractivity contribution in [3.8, 4) is 0 Å². The Kier molecular flexibility index (Phi) is 3.39. The first-order valence-electron chi connectivity index (χ1n) is 6.79. The van der Waals surface area contributed by atoms with Crippen LogP contribution in [0.15, 0.2) is 36.7 Å². The number of aromatic nitrogens is 5. The molecule has 0 atom stereocenters. The molecule has 0 saturated heterocycles. The van der Waals surface area contributed by atoms with Crippen molar-refractivity contribution in [3.63, 3.8) is 0 Å². The lowest BCUT2D eigenvalue weighted by Crippen LogP contribution is -2.32. The van der Waals surface area contributed by atoms with E-state index in [1.807, 2.05) is 24.3 Å². The van der Waals surface area contributed by atoms with Gasteiger partial charge in [0.2, 0.25) is 0 Å². The first-order chi connectivity index (χ1) is 10.2. The molecule has 0 radical (unpaired) electrons. The van der Waals surface area contributed by atoms with Gasteiger partial charge in [-0.3, -0.25) is 4.98 Å². The van der Waals surface area contributed by atoms with Crippen LogP contribution in [-0.4, -0.2) is 31.1 Å². The zero-order valence-electron chi connectivity index (χ0n) is 12.0. The Balaban J connectivity index is 2.03. The number of hydrogen-bond acceptors (Lipinski definition) is 6. The van der Waals surface area contributed by atoms with Crippen LogP contribution in [0.5, 0.6) is 0 Å². The molecule has 7 heteroatoms. The molecule has 7 nitrogen and oxygen atoms in total. The third-order valence-electron chi connectivity index (χ3n) is 3.40. The highest BCUT2D eigenvalue weighted by molar-refractivity contribution is 5.51. The van der Waals surface area contributed by atoms with Gasteiger partial charge in [-0.25, -0.2) is 0 Å². The van der Waals surface area contributed by atoms with Gasteiger partial charge < -0.3 is 10.6 Å². The minimum Gasteiger partial charge on any atom is -0.398 e. The van der Waals surface area contributed by atoms with Gasteiger partial charge in [0.1, 0.15) is 0 Å². The van der Waals surface area contributed by atoms with Gasteiger partial charge in [0.05, 0.1) is 12.4 Å². The van der Waals surface area contributed by atoms with Crippen LogP contribution in [0.2, 0.25) is 0 Å². The molecule has 0 spiro atoms. The molecule has 0 amide bonds. The monoisotopic (exact) mass is 283 g/mol. The number of nitrogen functional groups attached to an aromatic ring is 1. The molecule has 2 heterocycles. The normalized spacial score (nSPS) is 11.2. The maximum absolute atomic E-state index is 6.05. The van der Waals surface area contributed by atoms with Crippen molar-refractivity contribution >= 4 is 17.2 Å². The van der Waals surface area contributed by atoms with Crippen molar-refractivity contribution in [3.05, 3.63) is 42.2 Å². The number of anilines is 2. The zero-order chi connectivity index (χ0) is 14.8. The molecule has 0 aliphatic carbocycles. The second-order valence-electron chi connectivity index (χ2n) is 5.13. The standard InChI is InChI=1S/C14H17N7/c1-10(2)20(9-11-5-3-4-6-12(11)15)14-8-16-7-13-17-18-19-21(13)14/h3-8,10H,9,15H2,1-2H3. The maximum atomic E-state index is 6.05. The average molecular weight is 283 g/mol. The average Bonchev–Trinajstić information content (AvgIpc) is 2.94. The van der Waals surface area contributed by atoms with E-state index >= 15 is 0 Å². The van der Waals surface area contributed by atoms with Crippen molar-refractivity contribution in [2.45, 2.75) is 26.4 Å². The summed E-state index contributed by atoms with van der Waals surface area (Å²) in [4.78, 5) is 6.38. The predicted octanol–water partition coefficient (Wildman–Crippen LogP) is 1.52. The highest BCUT2D eigenvalue weighted by Gasteiger charge is 2.17. The van der Waals surface area contributed by atoms with Gasteiger partial charge in [0.25, 0.3) is 0 Å². The smallest absolute Gasteiger partial charge is 0.199 e. The molecule has 2 N–H and O–H groups in total. The fourth-order valence-corrected chi connectivity index (χ4v) is 2.25. The number of hydrogen-bond donors (Lipinski definition) is 1. The van der Waals surface area contributed by atoms with Gasteiger partial charge in [0, 0.05) is 18.3 Å². The number of benzene rings is 1. The molecule has 0 saturated carbocycles. The van der Waals surface area contributed by atoms with Gasteiger partial charge >= 0.3 is 0 Å². The van der Waals surface area contributed by atoms with Gasteiger partial charge in [-0.2, -0.15) is 4.52 Å². The number of fused-ring (bicyclic) bond motifs is 1. The Morgan fingerprint density at radius 2 is 2.05 bits per heavy atom. The number of tetrazole rings is 1. The van der Waals surface area contributed by atoms with Gasteiger partial charge in [-0.05, 0) is 35.9 Å². The summed E-state index contributed by atoms with van der Waals surface area (Å²) < 4.78 is 1.69. The van der Waals surface area contributed by atoms with E-state index in [2.05, 4.69) is 39.3 Å². The summed E-state index contributed by atoms with van der Waals surface area (Å²) in [5.74, 6) is 0.843. The third kappa shape index (κ3) is 2.49. The van der Waals surface area contributed by atoms with Crippen molar-refractivity contribution in [1.82, 2.24) is 25.0 Å². The summed E-state index contributed by atoms with van der Waals surface area (Å²) in [6.45, 7) is 4.90. The molecule has 2 aromatic heterocycles. The first-order valence-corrected chi connectivity index (χ1v) is 6.79. The molecule has 0 fully saturated rings. The Hall–Kier alpha value is -2.70. The Bertz CT molecular complexity index is 750. The molecular formula is C14H17N7. The Labute approximate surface area is 122 Å². The zero-order valence-corrected chi connectivity index (χ0v) is 12.0. The Morgan fingerprint density at radius 3 is 2.81 bits per heavy atom. The van der Waals surface area contributed by atoms with E-state index in [-0.39, 0.29) is 6.04 Å². The van der Waals surface area contributed by atoms with E-state index in [0.717, 1.165) is 17.1 Å². The third-order valence-corrected chi connectivity index (χ3v) is 3.40. The summed E-state index contributed by atoms with van der Waals surface area (Å²) >= 11 is 0. The van der Waals surface area contributed by atoms with Crippen LogP contribution >= 0.6 is 0 Å². The molecule has 0 bridgehead atoms. The highest BCUT2D eigenvalue weighted by Crippen LogP contribution is 2.21. The molecule has 1 aromatic carbocycles. The van der Waals surface area contributed by atoms with Crippen LogP contribution in [0.4, 0.5) is 11.5 Å². The van der Waals surface area contributed by atoms with E-state index in [9.17, 15) is 0 Å². The number of para-hydroxylation sites is 1. The lowest BCUT2D eigenvalue weighted by molar-refractivity contribution is 0.652. The van der Waals surface area contributed by atoms with Crippen molar-refractivity contribution in [2.75, 3.05) is 10.6 Å². The maximum Gasteiger partial charge on any atom is 0.199 e. The van der Waals surface area contributed by atoms with Crippen LogP contribution in [0.1, 0.15) is 19.4 Å². The van der Waals surface area contributed by atoms with E-state index in [1.165, 1.54) is 0 Å². The lowest BCUT2D eigenvalue weighted by Gasteiger charge is -2.28. The summed E-state index contributed by atoms with van der Waals surface area (Å²) in [5.41, 5.74) is 8.52. The molecule has 3 rings (SSSR count). The highest BCUT2D eigenvalue weighted by atomic mass is 15.5. The molecule has 21 heavy (non-hydrogen) atoms. The minimum atomic E-state index is 0.251. The van der Waals surface area contributed by atoms with Gasteiger partial charge in [0.15, 0.2) is 11.5 Å². The molecule has 108 valence electrons. The van der Waals surface area contributed by atoms with E-state index in [1.54, 1.807) is 16.9 Å². The van der Waals surface area contributed by atoms with Crippen LogP contribution in [0.3, 0.4) is 0 Å². The fourth-order valence-electron chi connectivity index (χ4n) is 2.25. The molecule has 0 aliphatic heterocycles. The number of rotatable bonds is 4. The predicted molar refractivity (Wildman–Crippen MR) is 80.8 cm³/mol. The number of nitrogens with two attached hydrogens (primary N) is 1. The van der Waals surface area contributed by atoms with Crippen LogP contribution in [-0.2, 0) is 6.54 Å². The van der Waals surface area contributed by atoms with Crippen molar-refractivity contribution in [2.24, 2.45) is 0 Å². The summed E-state index contributed by atoms with van der Waals surface area (Å²) in [6.07, 6.45) is 3.40. The van der Waals surface area contributed by atoms with Gasteiger partial charge in [-0.1, -0.05) is 18.2 Å². The second kappa shape index (κ2) is 5.35. The van der Waals surface area contributed by atoms with E-state index in [4.69, 9.17) is 5.73 Å². The first kappa shape index (κ1) is 13.3. The van der Waals surface area contributed by atoms with Crippen LogP contribution < -0.4 is 10.6 Å².